The van der Waals surface area contributed by atoms with Gasteiger partial charge in [0.05, 0.1) is 0 Å². The van der Waals surface area contributed by atoms with Crippen molar-refractivity contribution in [2.24, 2.45) is 0 Å². The van der Waals surface area contributed by atoms with Crippen LogP contribution < -0.4 is 0 Å². The van der Waals surface area contributed by atoms with Crippen molar-refractivity contribution in [2.45, 2.75) is 6.92 Å². The Kier molecular flexibility index (Phi) is 6.09. The number of rotatable bonds is 4. The first kappa shape index (κ1) is 25.2. The second kappa shape index (κ2) is 10.4. The monoisotopic (exact) mass is 547 g/mol. The molecule has 0 spiro atoms. The van der Waals surface area contributed by atoms with E-state index >= 15 is 0 Å². The Hall–Kier alpha value is -5.53. The quantitative estimate of drug-likeness (QED) is 0.200. The van der Waals surface area contributed by atoms with Crippen LogP contribution in [0.5, 0.6) is 0 Å². The molecule has 0 N–H and O–H groups in total. The van der Waals surface area contributed by atoms with Crippen LogP contribution in [0.3, 0.4) is 0 Å². The average Bonchev–Trinajstić information content (AvgIpc) is 3.08. The number of benzene rings is 7. The lowest BCUT2D eigenvalue weighted by Gasteiger charge is -2.20. The van der Waals surface area contributed by atoms with Crippen LogP contribution in [0.1, 0.15) is 5.56 Å². The molecule has 1 nitrogen and oxygen atoms in total. The zero-order valence-electron chi connectivity index (χ0n) is 24.0. The molecule has 0 fully saturated rings. The van der Waals surface area contributed by atoms with E-state index in [0.29, 0.717) is 0 Å². The van der Waals surface area contributed by atoms with Crippen molar-refractivity contribution in [1.82, 2.24) is 4.98 Å². The Balaban J connectivity index is 1.40. The number of nitrogens with zero attached hydrogens (tertiary/aromatic N) is 1. The molecule has 8 rings (SSSR count). The van der Waals surface area contributed by atoms with Gasteiger partial charge >= 0.3 is 0 Å². The van der Waals surface area contributed by atoms with E-state index in [0.717, 1.165) is 0 Å². The van der Waals surface area contributed by atoms with Crippen molar-refractivity contribution in [3.63, 3.8) is 0 Å². The van der Waals surface area contributed by atoms with Gasteiger partial charge < -0.3 is 0 Å². The number of aromatic nitrogens is 1. The predicted octanol–water partition coefficient (Wildman–Crippen LogP) is 11.5. The fraction of sp³-hybridized carbons (Fsp3) is 0.0238. The van der Waals surface area contributed by atoms with Gasteiger partial charge in [0.1, 0.15) is 0 Å². The van der Waals surface area contributed by atoms with Crippen molar-refractivity contribution in [2.75, 3.05) is 0 Å². The Morgan fingerprint density at radius 3 is 1.42 bits per heavy atom. The van der Waals surface area contributed by atoms with Gasteiger partial charge in [0.15, 0.2) is 0 Å². The van der Waals surface area contributed by atoms with Crippen molar-refractivity contribution in [1.29, 1.82) is 0 Å². The van der Waals surface area contributed by atoms with E-state index in [1.807, 2.05) is 12.4 Å². The van der Waals surface area contributed by atoms with Crippen molar-refractivity contribution in [3.05, 3.63) is 164 Å². The Bertz CT molecular complexity index is 2220. The summed E-state index contributed by atoms with van der Waals surface area (Å²) in [5.41, 5.74) is 11.1. The molecule has 7 aromatic carbocycles. The number of fused-ring (bicyclic) bond motifs is 3. The van der Waals surface area contributed by atoms with E-state index in [9.17, 15) is 0 Å². The standard InChI is InChI=1S/C42H29N/c1-28-25-26-43-27-40(28)30-19-21-31(22-20-30)41-35-15-7-9-17-37(35)42(38-18-10-8-16-36(38)41)39-24-23-32(29-11-3-2-4-12-29)33-13-5-6-14-34(33)39/h2-27H,1H3. The van der Waals surface area contributed by atoms with Gasteiger partial charge in [-0.1, -0.05) is 140 Å². The van der Waals surface area contributed by atoms with Crippen LogP contribution in [0.2, 0.25) is 0 Å². The smallest absolute Gasteiger partial charge is 0.0349 e. The molecular formula is C42H29N. The topological polar surface area (TPSA) is 12.9 Å². The van der Waals surface area contributed by atoms with Crippen molar-refractivity contribution >= 4 is 32.3 Å². The predicted molar refractivity (Wildman–Crippen MR) is 183 cm³/mol. The van der Waals surface area contributed by atoms with Gasteiger partial charge in [-0.05, 0) is 89.8 Å². The first-order valence-electron chi connectivity index (χ1n) is 14.8. The summed E-state index contributed by atoms with van der Waals surface area (Å²) < 4.78 is 0. The first-order valence-corrected chi connectivity index (χ1v) is 14.8. The molecule has 8 aromatic rings. The number of hydrogen-bond donors (Lipinski definition) is 0. The summed E-state index contributed by atoms with van der Waals surface area (Å²) >= 11 is 0. The van der Waals surface area contributed by atoms with Gasteiger partial charge in [-0.3, -0.25) is 4.98 Å². The van der Waals surface area contributed by atoms with E-state index in [1.165, 1.54) is 82.4 Å². The summed E-state index contributed by atoms with van der Waals surface area (Å²) in [5, 5.41) is 7.59. The van der Waals surface area contributed by atoms with Crippen LogP contribution in [-0.2, 0) is 0 Å². The Morgan fingerprint density at radius 2 is 0.814 bits per heavy atom. The van der Waals surface area contributed by atoms with Crippen LogP contribution in [0.25, 0.3) is 76.8 Å². The molecule has 0 saturated heterocycles. The van der Waals surface area contributed by atoms with Crippen LogP contribution in [-0.4, -0.2) is 4.98 Å². The van der Waals surface area contributed by atoms with Crippen LogP contribution in [0, 0.1) is 6.92 Å². The van der Waals surface area contributed by atoms with Gasteiger partial charge in [-0.15, -0.1) is 0 Å². The number of hydrogen-bond acceptors (Lipinski definition) is 1. The van der Waals surface area contributed by atoms with Gasteiger partial charge in [0.25, 0.3) is 0 Å². The molecule has 0 amide bonds. The lowest BCUT2D eigenvalue weighted by atomic mass is 9.83. The van der Waals surface area contributed by atoms with Gasteiger partial charge in [0, 0.05) is 18.0 Å². The van der Waals surface area contributed by atoms with Crippen LogP contribution >= 0.6 is 0 Å². The molecule has 43 heavy (non-hydrogen) atoms. The molecule has 0 aliphatic heterocycles. The van der Waals surface area contributed by atoms with Crippen LogP contribution in [0.15, 0.2) is 158 Å². The maximum absolute atomic E-state index is 4.37. The molecule has 0 atom stereocenters. The lowest BCUT2D eigenvalue weighted by Crippen LogP contribution is -1.92. The van der Waals surface area contributed by atoms with Gasteiger partial charge in [-0.25, -0.2) is 0 Å². The van der Waals surface area contributed by atoms with Crippen molar-refractivity contribution in [3.8, 4) is 44.5 Å². The molecule has 0 radical (unpaired) electrons. The summed E-state index contributed by atoms with van der Waals surface area (Å²) in [5.74, 6) is 0. The number of pyridine rings is 1. The third kappa shape index (κ3) is 4.21. The highest BCUT2D eigenvalue weighted by Gasteiger charge is 2.19. The maximum Gasteiger partial charge on any atom is 0.0349 e. The summed E-state index contributed by atoms with van der Waals surface area (Å²) in [6, 6.07) is 53.0. The SMILES string of the molecule is Cc1ccncc1-c1ccc(-c2c3ccccc3c(-c3ccc(-c4ccccc4)c4ccccc34)c3ccccc23)cc1. The zero-order valence-corrected chi connectivity index (χ0v) is 24.0. The fourth-order valence-corrected chi connectivity index (χ4v) is 6.70. The highest BCUT2D eigenvalue weighted by molar-refractivity contribution is 6.24. The molecule has 0 saturated carbocycles. The third-order valence-electron chi connectivity index (χ3n) is 8.73. The molecule has 0 bridgehead atoms. The Labute approximate surface area is 251 Å². The highest BCUT2D eigenvalue weighted by atomic mass is 14.6. The molecule has 0 aliphatic rings. The second-order valence-electron chi connectivity index (χ2n) is 11.2. The van der Waals surface area contributed by atoms with E-state index in [1.54, 1.807) is 0 Å². The minimum Gasteiger partial charge on any atom is -0.264 e. The lowest BCUT2D eigenvalue weighted by molar-refractivity contribution is 1.29. The summed E-state index contributed by atoms with van der Waals surface area (Å²) in [4.78, 5) is 4.37. The van der Waals surface area contributed by atoms with E-state index < -0.39 is 0 Å². The molecule has 202 valence electrons. The minimum atomic E-state index is 1.17. The maximum atomic E-state index is 4.37. The normalized spacial score (nSPS) is 11.4. The highest BCUT2D eigenvalue weighted by Crippen LogP contribution is 2.46. The summed E-state index contributed by atoms with van der Waals surface area (Å²) in [6.45, 7) is 2.14. The van der Waals surface area contributed by atoms with E-state index in [-0.39, 0.29) is 0 Å². The fourth-order valence-electron chi connectivity index (χ4n) is 6.70. The second-order valence-corrected chi connectivity index (χ2v) is 11.2. The van der Waals surface area contributed by atoms with Gasteiger partial charge in [0.2, 0.25) is 0 Å². The molecule has 0 unspecified atom stereocenters. The third-order valence-corrected chi connectivity index (χ3v) is 8.73. The summed E-state index contributed by atoms with van der Waals surface area (Å²) in [7, 11) is 0. The minimum absolute atomic E-state index is 1.17. The average molecular weight is 548 g/mol. The first-order chi connectivity index (χ1) is 21.3. The van der Waals surface area contributed by atoms with Gasteiger partial charge in [-0.2, -0.15) is 0 Å². The zero-order chi connectivity index (χ0) is 28.8. The molecule has 0 aliphatic carbocycles. The van der Waals surface area contributed by atoms with Crippen LogP contribution in [0.4, 0.5) is 0 Å². The van der Waals surface area contributed by atoms with E-state index in [2.05, 4.69) is 158 Å². The van der Waals surface area contributed by atoms with E-state index in [4.69, 9.17) is 0 Å². The molecular weight excluding hydrogens is 518 g/mol. The largest absolute Gasteiger partial charge is 0.264 e. The molecule has 1 heterocycles. The Morgan fingerprint density at radius 1 is 0.349 bits per heavy atom. The van der Waals surface area contributed by atoms with Crippen molar-refractivity contribution < 1.29 is 0 Å². The molecule has 1 aromatic heterocycles. The molecule has 1 heteroatoms. The number of aryl methyl sites for hydroxylation is 1. The summed E-state index contributed by atoms with van der Waals surface area (Å²) in [6.07, 6.45) is 3.81.